The molecule has 2 aliphatic rings. The molecule has 13 heteroatoms. The maximum atomic E-state index is 12.5. The minimum atomic E-state index is -4.89. The number of fused-ring (bicyclic) bond motifs is 2. The smallest absolute Gasteiger partial charge is 0.573 e. The molecule has 1 aromatic carbocycles. The van der Waals surface area contributed by atoms with Crippen molar-refractivity contribution in [3.63, 3.8) is 0 Å². The van der Waals surface area contributed by atoms with Gasteiger partial charge >= 0.3 is 46.0 Å². The predicted molar refractivity (Wildman–Crippen MR) is 85.3 cm³/mol. The molecule has 2 bridgehead atoms. The number of rotatable bonds is 4. The van der Waals surface area contributed by atoms with Crippen molar-refractivity contribution in [2.75, 3.05) is 6.54 Å². The number of piperidine rings is 1. The van der Waals surface area contributed by atoms with Crippen LogP contribution in [0.15, 0.2) is 30.3 Å². The fourth-order valence-corrected chi connectivity index (χ4v) is 3.44. The molecule has 3 rings (SSSR count). The van der Waals surface area contributed by atoms with Crippen molar-refractivity contribution in [1.29, 1.82) is 0 Å². The fourth-order valence-electron chi connectivity index (χ4n) is 3.05. The van der Waals surface area contributed by atoms with Gasteiger partial charge in [0, 0.05) is 12.1 Å². The van der Waals surface area contributed by atoms with Crippen LogP contribution in [0.3, 0.4) is 0 Å². The van der Waals surface area contributed by atoms with E-state index in [9.17, 15) is 22.8 Å². The molecule has 4 amide bonds. The summed E-state index contributed by atoms with van der Waals surface area (Å²) in [5.41, 5.74) is 0.147. The van der Waals surface area contributed by atoms with Gasteiger partial charge in [-0.15, -0.1) is 4.28 Å². The largest absolute Gasteiger partial charge is 1.00 e. The van der Waals surface area contributed by atoms with E-state index in [1.807, 2.05) is 0 Å². The molecular formula is C14H15N4NaO7S. The minimum Gasteiger partial charge on any atom is -0.573 e. The molecule has 0 saturated carbocycles. The van der Waals surface area contributed by atoms with E-state index in [-0.39, 0.29) is 59.5 Å². The van der Waals surface area contributed by atoms with E-state index in [4.69, 9.17) is 10.4 Å². The zero-order valence-electron chi connectivity index (χ0n) is 14.3. The van der Waals surface area contributed by atoms with Crippen LogP contribution >= 0.6 is 0 Å². The number of imide groups is 1. The molecule has 0 spiro atoms. The molecule has 2 N–H and O–H groups in total. The van der Waals surface area contributed by atoms with Gasteiger partial charge in [-0.25, -0.2) is 4.79 Å². The van der Waals surface area contributed by atoms with Crippen LogP contribution in [0.2, 0.25) is 0 Å². The third-order valence-electron chi connectivity index (χ3n) is 4.23. The minimum absolute atomic E-state index is 0. The molecule has 2 atom stereocenters. The Morgan fingerprint density at radius 1 is 1.22 bits per heavy atom. The Bertz CT molecular complexity index is 850. The van der Waals surface area contributed by atoms with Gasteiger partial charge < -0.3 is 15.8 Å². The van der Waals surface area contributed by atoms with Crippen LogP contribution in [0.25, 0.3) is 5.84 Å². The number of nitrogens with zero attached hydrogens (tertiary/aromatic N) is 3. The second-order valence-corrected chi connectivity index (χ2v) is 6.86. The number of hydrogen-bond donors (Lipinski definition) is 1. The van der Waals surface area contributed by atoms with Gasteiger partial charge in [0.25, 0.3) is 0 Å². The summed E-state index contributed by atoms with van der Waals surface area (Å²) in [6, 6.07) is 5.09. The van der Waals surface area contributed by atoms with Crippen LogP contribution in [-0.2, 0) is 19.5 Å². The molecule has 2 heterocycles. The first-order chi connectivity index (χ1) is 12.2. The monoisotopic (exact) mass is 406 g/mol. The van der Waals surface area contributed by atoms with Gasteiger partial charge in [0.05, 0.1) is 6.04 Å². The van der Waals surface area contributed by atoms with Gasteiger partial charge in [0.1, 0.15) is 6.04 Å². The summed E-state index contributed by atoms with van der Waals surface area (Å²) in [7, 11) is -4.89. The maximum absolute atomic E-state index is 12.5. The topological polar surface area (TPSA) is 148 Å². The van der Waals surface area contributed by atoms with E-state index in [0.29, 0.717) is 5.06 Å². The van der Waals surface area contributed by atoms with Crippen LogP contribution in [0.4, 0.5) is 4.79 Å². The SMILES string of the molecule is [NH-]N(C(=O)c1ccccc1)C(=O)[C@@H]1CC[C@@H]2CN1C(=O)N2OS(=O)(=O)O.[Na+]. The average Bonchev–Trinajstić information content (AvgIpc) is 2.84. The molecule has 1 aromatic rings. The number of urea groups is 1. The number of carbonyl (C=O) groups excluding carboxylic acids is 3. The normalized spacial score (nSPS) is 21.6. The Labute approximate surface area is 177 Å². The zero-order valence-corrected chi connectivity index (χ0v) is 17.1. The van der Waals surface area contributed by atoms with Crippen molar-refractivity contribution in [2.45, 2.75) is 24.9 Å². The Morgan fingerprint density at radius 2 is 1.85 bits per heavy atom. The first-order valence-corrected chi connectivity index (χ1v) is 8.97. The quantitative estimate of drug-likeness (QED) is 0.254. The molecule has 0 radical (unpaired) electrons. The molecular weight excluding hydrogens is 391 g/mol. The number of nitrogens with one attached hydrogen (secondary N) is 1. The zero-order chi connectivity index (χ0) is 19.1. The van der Waals surface area contributed by atoms with E-state index in [1.165, 1.54) is 12.1 Å². The first-order valence-electron chi connectivity index (χ1n) is 7.60. The Morgan fingerprint density at radius 3 is 2.44 bits per heavy atom. The molecule has 0 unspecified atom stereocenters. The van der Waals surface area contributed by atoms with Crippen molar-refractivity contribution in [2.24, 2.45) is 0 Å². The van der Waals surface area contributed by atoms with Crippen LogP contribution in [-0.4, -0.2) is 64.4 Å². The Balaban J connectivity index is 0.00000261. The molecule has 27 heavy (non-hydrogen) atoms. The number of hydroxylamine groups is 2. The number of hydrogen-bond acceptors (Lipinski definition) is 6. The number of amides is 4. The van der Waals surface area contributed by atoms with Gasteiger partial charge in [-0.1, -0.05) is 18.2 Å². The molecule has 0 aromatic heterocycles. The number of carbonyl (C=O) groups is 3. The van der Waals surface area contributed by atoms with Crippen LogP contribution in [0.1, 0.15) is 23.2 Å². The summed E-state index contributed by atoms with van der Waals surface area (Å²) >= 11 is 0. The Kier molecular flexibility index (Phi) is 6.63. The van der Waals surface area contributed by atoms with Crippen LogP contribution in [0, 0.1) is 0 Å². The maximum Gasteiger partial charge on any atom is 1.00 e. The molecule has 2 aliphatic heterocycles. The third-order valence-corrected chi connectivity index (χ3v) is 4.58. The van der Waals surface area contributed by atoms with Crippen molar-refractivity contribution >= 4 is 28.2 Å². The summed E-state index contributed by atoms with van der Waals surface area (Å²) in [6.45, 7) is -0.0157. The Hall–Kier alpha value is -1.54. The third kappa shape index (κ3) is 4.48. The molecule has 11 nitrogen and oxygen atoms in total. The second-order valence-electron chi connectivity index (χ2n) is 5.85. The summed E-state index contributed by atoms with van der Waals surface area (Å²) in [6.07, 6.45) is 0.333. The summed E-state index contributed by atoms with van der Waals surface area (Å²) in [5.74, 6) is 6.07. The van der Waals surface area contributed by atoms with Crippen molar-refractivity contribution < 1.29 is 61.2 Å². The molecule has 0 aliphatic carbocycles. The fraction of sp³-hybridized carbons (Fsp3) is 0.357. The molecule has 2 fully saturated rings. The van der Waals surface area contributed by atoms with Crippen molar-refractivity contribution in [1.82, 2.24) is 15.0 Å². The van der Waals surface area contributed by atoms with E-state index in [0.717, 1.165) is 4.90 Å². The van der Waals surface area contributed by atoms with Gasteiger partial charge in [0.15, 0.2) is 0 Å². The summed E-state index contributed by atoms with van der Waals surface area (Å²) < 4.78 is 34.8. The van der Waals surface area contributed by atoms with Gasteiger partial charge in [-0.2, -0.15) is 13.5 Å². The number of benzene rings is 1. The van der Waals surface area contributed by atoms with E-state index < -0.39 is 40.3 Å². The average molecular weight is 406 g/mol. The molecule has 140 valence electrons. The second kappa shape index (κ2) is 8.22. The first kappa shape index (κ1) is 21.8. The van der Waals surface area contributed by atoms with E-state index in [2.05, 4.69) is 4.28 Å². The van der Waals surface area contributed by atoms with Crippen LogP contribution in [0.5, 0.6) is 0 Å². The predicted octanol–water partition coefficient (Wildman–Crippen LogP) is -2.37. The summed E-state index contributed by atoms with van der Waals surface area (Å²) in [4.78, 5) is 38.1. The standard InChI is InChI=1S/C14H15N4O7S.Na/c15-17(12(19)9-4-2-1-3-5-9)13(20)11-7-6-10-8-16(11)14(21)18(10)25-26(22,23)24;/h1-5,10-11,15H,6-8H2,(H,22,23,24);/q-1;+1/t10-,11+;/m1./s1. The van der Waals surface area contributed by atoms with Gasteiger partial charge in [-0.05, 0) is 25.0 Å². The summed E-state index contributed by atoms with van der Waals surface area (Å²) in [5, 5.41) is 0.690. The van der Waals surface area contributed by atoms with E-state index >= 15 is 0 Å². The van der Waals surface area contributed by atoms with E-state index in [1.54, 1.807) is 18.2 Å². The van der Waals surface area contributed by atoms with Crippen molar-refractivity contribution in [3.05, 3.63) is 41.7 Å². The van der Waals surface area contributed by atoms with Gasteiger partial charge in [-0.3, -0.25) is 14.1 Å². The molecule has 2 saturated heterocycles. The van der Waals surface area contributed by atoms with Gasteiger partial charge in [0.2, 0.25) is 11.8 Å². The van der Waals surface area contributed by atoms with Crippen molar-refractivity contribution in [3.8, 4) is 0 Å². The van der Waals surface area contributed by atoms with Crippen LogP contribution < -0.4 is 29.6 Å².